The number of carbonyl (C=O) groups is 3. The number of aromatic amines is 1. The van der Waals surface area contributed by atoms with Gasteiger partial charge in [0.2, 0.25) is 11.8 Å². The topological polar surface area (TPSA) is 180 Å². The summed E-state index contributed by atoms with van der Waals surface area (Å²) in [6, 6.07) is 0. The number of nitrogens with zero attached hydrogens (tertiary/aromatic N) is 3. The summed E-state index contributed by atoms with van der Waals surface area (Å²) in [6.07, 6.45) is 7.33. The van der Waals surface area contributed by atoms with Crippen LogP contribution in [0.25, 0.3) is 11.2 Å². The molecule has 2 aromatic heterocycles. The lowest BCUT2D eigenvalue weighted by Gasteiger charge is -2.52. The number of carbonyl (C=O) groups excluding carboxylic acids is 2. The van der Waals surface area contributed by atoms with Gasteiger partial charge in [0.05, 0.1) is 0 Å². The standard InChI is InChI=1S/C27H41N7O6/c1-3-16-33-21-20(22(37)34(17-4-2)25(33)40)29-23(30-21)27-12-9-26(10-13-27,11-14-27)8-7-19(36)32-31-18(35)6-5-15-28-24(38)39/h28H,3-17H2,1-2H3,(H,29,30)(H,31,35)(H,32,36)(H,38,39). The third-order valence-corrected chi connectivity index (χ3v) is 8.74. The molecule has 2 bridgehead atoms. The van der Waals surface area contributed by atoms with Crippen LogP contribution in [0.3, 0.4) is 0 Å². The van der Waals surface area contributed by atoms with Crippen molar-refractivity contribution in [1.82, 2.24) is 35.3 Å². The number of amides is 3. The van der Waals surface area contributed by atoms with Crippen LogP contribution < -0.4 is 27.4 Å². The molecule has 0 unspecified atom stereocenters. The molecule has 0 spiro atoms. The van der Waals surface area contributed by atoms with E-state index in [-0.39, 0.29) is 46.9 Å². The second-order valence-electron chi connectivity index (χ2n) is 11.4. The van der Waals surface area contributed by atoms with Gasteiger partial charge in [-0.25, -0.2) is 14.6 Å². The normalized spacial score (nSPS) is 21.9. The highest BCUT2D eigenvalue weighted by Gasteiger charge is 2.50. The Morgan fingerprint density at radius 1 is 0.925 bits per heavy atom. The lowest BCUT2D eigenvalue weighted by Crippen LogP contribution is -2.46. The third kappa shape index (κ3) is 6.07. The maximum Gasteiger partial charge on any atom is 0.404 e. The van der Waals surface area contributed by atoms with Crippen molar-refractivity contribution in [3.63, 3.8) is 0 Å². The maximum absolute atomic E-state index is 13.2. The zero-order valence-electron chi connectivity index (χ0n) is 23.4. The van der Waals surface area contributed by atoms with Crippen molar-refractivity contribution in [2.45, 2.75) is 109 Å². The van der Waals surface area contributed by atoms with Crippen LogP contribution in [-0.2, 0) is 28.1 Å². The summed E-state index contributed by atoms with van der Waals surface area (Å²) in [5.41, 5.74) is 5.01. The molecule has 3 amide bonds. The predicted molar refractivity (Wildman–Crippen MR) is 148 cm³/mol. The van der Waals surface area contributed by atoms with Crippen molar-refractivity contribution in [2.75, 3.05) is 6.54 Å². The molecular weight excluding hydrogens is 518 g/mol. The number of nitrogens with one attached hydrogen (secondary N) is 4. The quantitative estimate of drug-likeness (QED) is 0.195. The van der Waals surface area contributed by atoms with Crippen LogP contribution in [0, 0.1) is 5.41 Å². The van der Waals surface area contributed by atoms with E-state index in [2.05, 4.69) is 21.2 Å². The van der Waals surface area contributed by atoms with E-state index in [9.17, 15) is 24.0 Å². The number of H-pyrrole nitrogens is 1. The van der Waals surface area contributed by atoms with Gasteiger partial charge in [0.1, 0.15) is 11.3 Å². The number of imidazole rings is 1. The summed E-state index contributed by atoms with van der Waals surface area (Å²) in [7, 11) is 0. The number of hydrazine groups is 1. The van der Waals surface area contributed by atoms with E-state index in [0.717, 1.165) is 57.2 Å². The Labute approximate surface area is 232 Å². The van der Waals surface area contributed by atoms with Gasteiger partial charge < -0.3 is 15.4 Å². The summed E-state index contributed by atoms with van der Waals surface area (Å²) in [5, 5.41) is 10.7. The average Bonchev–Trinajstić information content (AvgIpc) is 3.41. The van der Waals surface area contributed by atoms with E-state index in [0.29, 0.717) is 43.5 Å². The van der Waals surface area contributed by atoms with E-state index in [1.165, 1.54) is 4.57 Å². The van der Waals surface area contributed by atoms with Gasteiger partial charge in [-0.2, -0.15) is 0 Å². The Balaban J connectivity index is 1.36. The molecule has 13 nitrogen and oxygen atoms in total. The van der Waals surface area contributed by atoms with Crippen molar-refractivity contribution in [3.05, 3.63) is 26.7 Å². The third-order valence-electron chi connectivity index (χ3n) is 8.74. The van der Waals surface area contributed by atoms with Crippen LogP contribution in [0.5, 0.6) is 0 Å². The molecule has 40 heavy (non-hydrogen) atoms. The first-order valence-corrected chi connectivity index (χ1v) is 14.4. The highest BCUT2D eigenvalue weighted by Crippen LogP contribution is 2.59. The summed E-state index contributed by atoms with van der Waals surface area (Å²) in [6.45, 7) is 4.99. The lowest BCUT2D eigenvalue weighted by atomic mass is 9.52. The number of hydrogen-bond donors (Lipinski definition) is 5. The first-order chi connectivity index (χ1) is 19.1. The second-order valence-corrected chi connectivity index (χ2v) is 11.4. The summed E-state index contributed by atoms with van der Waals surface area (Å²) in [5.74, 6) is 0.184. The average molecular weight is 560 g/mol. The molecule has 220 valence electrons. The molecule has 0 aromatic carbocycles. The largest absolute Gasteiger partial charge is 0.465 e. The molecule has 3 aliphatic rings. The second kappa shape index (κ2) is 12.3. The summed E-state index contributed by atoms with van der Waals surface area (Å²) in [4.78, 5) is 69.1. The van der Waals surface area contributed by atoms with Crippen molar-refractivity contribution in [1.29, 1.82) is 0 Å². The van der Waals surface area contributed by atoms with Crippen molar-refractivity contribution in [3.8, 4) is 0 Å². The number of hydrogen-bond acceptors (Lipinski definition) is 6. The molecule has 0 radical (unpaired) electrons. The fourth-order valence-electron chi connectivity index (χ4n) is 6.34. The Morgan fingerprint density at radius 3 is 2.12 bits per heavy atom. The molecule has 0 aliphatic heterocycles. The number of aryl methyl sites for hydroxylation is 1. The Bertz CT molecular complexity index is 1350. The number of rotatable bonds is 12. The summed E-state index contributed by atoms with van der Waals surface area (Å²) < 4.78 is 2.94. The summed E-state index contributed by atoms with van der Waals surface area (Å²) >= 11 is 0. The van der Waals surface area contributed by atoms with E-state index in [4.69, 9.17) is 10.1 Å². The highest BCUT2D eigenvalue weighted by atomic mass is 16.4. The molecule has 3 saturated carbocycles. The minimum absolute atomic E-state index is 0.0652. The molecule has 3 aliphatic carbocycles. The molecule has 2 heterocycles. The van der Waals surface area contributed by atoms with Crippen molar-refractivity contribution < 1.29 is 19.5 Å². The van der Waals surface area contributed by atoms with E-state index < -0.39 is 6.09 Å². The fourth-order valence-corrected chi connectivity index (χ4v) is 6.34. The molecule has 5 rings (SSSR count). The smallest absolute Gasteiger partial charge is 0.404 e. The monoisotopic (exact) mass is 559 g/mol. The van der Waals surface area contributed by atoms with Gasteiger partial charge in [-0.1, -0.05) is 13.8 Å². The maximum atomic E-state index is 13.2. The molecule has 2 aromatic rings. The minimum atomic E-state index is -1.14. The Kier molecular flexibility index (Phi) is 8.99. The van der Waals surface area contributed by atoms with Crippen LogP contribution in [-0.4, -0.2) is 48.7 Å². The molecule has 13 heteroatoms. The van der Waals surface area contributed by atoms with E-state index in [1.807, 2.05) is 13.8 Å². The molecule has 3 fully saturated rings. The Hall–Kier alpha value is -3.64. The van der Waals surface area contributed by atoms with Crippen LogP contribution in [0.15, 0.2) is 9.59 Å². The van der Waals surface area contributed by atoms with Crippen LogP contribution in [0.4, 0.5) is 4.79 Å². The van der Waals surface area contributed by atoms with E-state index in [1.54, 1.807) is 4.57 Å². The number of carboxylic acid groups (broad SMARTS) is 1. The van der Waals surface area contributed by atoms with Gasteiger partial charge in [0.25, 0.3) is 5.56 Å². The van der Waals surface area contributed by atoms with E-state index >= 15 is 0 Å². The van der Waals surface area contributed by atoms with Gasteiger partial charge in [0, 0.05) is 37.9 Å². The van der Waals surface area contributed by atoms with Crippen LogP contribution in [0.2, 0.25) is 0 Å². The van der Waals surface area contributed by atoms with Gasteiger partial charge in [-0.05, 0) is 69.6 Å². The first-order valence-electron chi connectivity index (χ1n) is 14.4. The van der Waals surface area contributed by atoms with Gasteiger partial charge >= 0.3 is 11.8 Å². The van der Waals surface area contributed by atoms with Gasteiger partial charge in [0.15, 0.2) is 5.65 Å². The number of fused-ring (bicyclic) bond motifs is 4. The van der Waals surface area contributed by atoms with Crippen LogP contribution >= 0.6 is 0 Å². The van der Waals surface area contributed by atoms with Crippen molar-refractivity contribution >= 4 is 29.1 Å². The predicted octanol–water partition coefficient (Wildman–Crippen LogP) is 2.27. The van der Waals surface area contributed by atoms with Gasteiger partial charge in [-0.15, -0.1) is 0 Å². The zero-order chi connectivity index (χ0) is 28.9. The van der Waals surface area contributed by atoms with Crippen LogP contribution in [0.1, 0.15) is 96.7 Å². The van der Waals surface area contributed by atoms with Gasteiger partial charge in [-0.3, -0.25) is 34.4 Å². The molecule has 5 N–H and O–H groups in total. The minimum Gasteiger partial charge on any atom is -0.465 e. The zero-order valence-corrected chi connectivity index (χ0v) is 23.4. The number of aromatic nitrogens is 4. The SMILES string of the molecule is CCCn1c(=O)c2[nH]c(C34CCC(CCC(=O)NNC(=O)CCCNC(=O)O)(CC3)CC4)nc2n(CCC)c1=O. The highest BCUT2D eigenvalue weighted by molar-refractivity contribution is 5.82. The molecular formula is C27H41N7O6. The Morgan fingerprint density at radius 2 is 1.52 bits per heavy atom. The first kappa shape index (κ1) is 29.3. The fraction of sp³-hybridized carbons (Fsp3) is 0.704. The van der Waals surface area contributed by atoms with Crippen molar-refractivity contribution in [2.24, 2.45) is 5.41 Å². The molecule has 0 saturated heterocycles. The molecule has 0 atom stereocenters. The lowest BCUT2D eigenvalue weighted by molar-refractivity contribution is -0.129.